The van der Waals surface area contributed by atoms with Gasteiger partial charge in [0.25, 0.3) is 0 Å². The zero-order valence-corrected chi connectivity index (χ0v) is 16.0. The number of ether oxygens (including phenoxy) is 1. The van der Waals surface area contributed by atoms with E-state index in [4.69, 9.17) is 4.74 Å². The number of rotatable bonds is 7. The van der Waals surface area contributed by atoms with E-state index < -0.39 is 0 Å². The largest absolute Gasteiger partial charge is 0.496 e. The molecular weight excluding hydrogens is 382 g/mol. The fraction of sp³-hybridized carbons (Fsp3) is 0.368. The predicted molar refractivity (Wildman–Crippen MR) is 100 cm³/mol. The lowest BCUT2D eigenvalue weighted by Crippen LogP contribution is -2.40. The van der Waals surface area contributed by atoms with Crippen molar-refractivity contribution in [1.29, 1.82) is 0 Å². The van der Waals surface area contributed by atoms with Crippen LogP contribution in [0.2, 0.25) is 0 Å². The Balaban J connectivity index is 1.58. The van der Waals surface area contributed by atoms with Gasteiger partial charge in [-0.15, -0.1) is 0 Å². The molecule has 3 rings (SSSR count). The van der Waals surface area contributed by atoms with Crippen molar-refractivity contribution >= 4 is 21.8 Å². The number of para-hydroxylation sites is 1. The molecule has 25 heavy (non-hydrogen) atoms. The summed E-state index contributed by atoms with van der Waals surface area (Å²) in [6, 6.07) is 11.8. The second-order valence-electron chi connectivity index (χ2n) is 6.36. The summed E-state index contributed by atoms with van der Waals surface area (Å²) in [5.74, 6) is 0.849. The Hall–Kier alpha value is -1.92. The Kier molecular flexibility index (Phi) is 5.39. The van der Waals surface area contributed by atoms with Crippen molar-refractivity contribution in [3.8, 4) is 5.75 Å². The standard InChI is InChI=1S/C19H22BrN3O2/c1-23(13-14-5-3-4-6-16(14)25-2)18(24)12-22-19(9-10-19)17-8-7-15(20)11-21-17/h3-8,11,22H,9-10,12-13H2,1-2H3. The van der Waals surface area contributed by atoms with E-state index in [1.807, 2.05) is 43.4 Å². The van der Waals surface area contributed by atoms with Gasteiger partial charge in [-0.3, -0.25) is 15.1 Å². The third kappa shape index (κ3) is 4.19. The van der Waals surface area contributed by atoms with Crippen LogP contribution in [0.3, 0.4) is 0 Å². The summed E-state index contributed by atoms with van der Waals surface area (Å²) < 4.78 is 6.31. The van der Waals surface area contributed by atoms with Crippen LogP contribution in [-0.2, 0) is 16.9 Å². The Bertz CT molecular complexity index is 745. The summed E-state index contributed by atoms with van der Waals surface area (Å²) in [6.07, 6.45) is 3.81. The SMILES string of the molecule is COc1ccccc1CN(C)C(=O)CNC1(c2ccc(Br)cn2)CC1. The van der Waals surface area contributed by atoms with Gasteiger partial charge in [0.2, 0.25) is 5.91 Å². The summed E-state index contributed by atoms with van der Waals surface area (Å²) in [7, 11) is 3.46. The molecule has 0 aliphatic heterocycles. The number of benzene rings is 1. The number of hydrogen-bond donors (Lipinski definition) is 1. The van der Waals surface area contributed by atoms with Crippen LogP contribution in [0.15, 0.2) is 47.1 Å². The average molecular weight is 404 g/mol. The topological polar surface area (TPSA) is 54.5 Å². The molecule has 1 amide bonds. The molecule has 1 aromatic heterocycles. The van der Waals surface area contributed by atoms with E-state index in [1.54, 1.807) is 18.2 Å². The van der Waals surface area contributed by atoms with Crippen molar-refractivity contribution in [3.05, 3.63) is 58.3 Å². The molecule has 1 saturated carbocycles. The molecule has 0 atom stereocenters. The van der Waals surface area contributed by atoms with Crippen LogP contribution in [0.5, 0.6) is 5.75 Å². The molecule has 1 N–H and O–H groups in total. The molecular formula is C19H22BrN3O2. The Morgan fingerprint density at radius 1 is 1.32 bits per heavy atom. The van der Waals surface area contributed by atoms with Gasteiger partial charge in [-0.2, -0.15) is 0 Å². The van der Waals surface area contributed by atoms with Crippen LogP contribution in [0, 0.1) is 0 Å². The van der Waals surface area contributed by atoms with Crippen molar-refractivity contribution < 1.29 is 9.53 Å². The van der Waals surface area contributed by atoms with E-state index in [0.29, 0.717) is 13.1 Å². The third-order valence-electron chi connectivity index (χ3n) is 4.57. The number of methoxy groups -OCH3 is 1. The highest BCUT2D eigenvalue weighted by molar-refractivity contribution is 9.10. The predicted octanol–water partition coefficient (Wildman–Crippen LogP) is 3.09. The van der Waals surface area contributed by atoms with E-state index in [-0.39, 0.29) is 11.4 Å². The molecule has 5 nitrogen and oxygen atoms in total. The van der Waals surface area contributed by atoms with E-state index in [0.717, 1.165) is 34.3 Å². The molecule has 1 aliphatic carbocycles. The minimum absolute atomic E-state index is 0.0503. The van der Waals surface area contributed by atoms with Crippen molar-refractivity contribution in [1.82, 2.24) is 15.2 Å². The fourth-order valence-corrected chi connectivity index (χ4v) is 3.10. The van der Waals surface area contributed by atoms with Crippen LogP contribution in [0.1, 0.15) is 24.1 Å². The Labute approximate surface area is 156 Å². The first-order valence-electron chi connectivity index (χ1n) is 8.27. The first kappa shape index (κ1) is 17.9. The van der Waals surface area contributed by atoms with Crippen LogP contribution in [0.4, 0.5) is 0 Å². The van der Waals surface area contributed by atoms with Gasteiger partial charge < -0.3 is 9.64 Å². The van der Waals surface area contributed by atoms with Gasteiger partial charge >= 0.3 is 0 Å². The zero-order chi connectivity index (χ0) is 17.9. The van der Waals surface area contributed by atoms with Gasteiger partial charge in [0.1, 0.15) is 5.75 Å². The number of hydrogen-bond acceptors (Lipinski definition) is 4. The van der Waals surface area contributed by atoms with Crippen molar-refractivity contribution in [2.24, 2.45) is 0 Å². The molecule has 1 aliphatic rings. The van der Waals surface area contributed by atoms with E-state index in [2.05, 4.69) is 26.2 Å². The lowest BCUT2D eigenvalue weighted by molar-refractivity contribution is -0.129. The molecule has 1 heterocycles. The molecule has 2 aromatic rings. The fourth-order valence-electron chi connectivity index (χ4n) is 2.86. The Morgan fingerprint density at radius 2 is 2.08 bits per heavy atom. The Morgan fingerprint density at radius 3 is 2.72 bits per heavy atom. The monoisotopic (exact) mass is 403 g/mol. The van der Waals surface area contributed by atoms with Gasteiger partial charge in [0, 0.05) is 29.8 Å². The van der Waals surface area contributed by atoms with Gasteiger partial charge in [-0.05, 0) is 47.0 Å². The summed E-state index contributed by atoms with van der Waals surface area (Å²) in [5, 5.41) is 3.40. The minimum Gasteiger partial charge on any atom is -0.496 e. The van der Waals surface area contributed by atoms with Crippen molar-refractivity contribution in [3.63, 3.8) is 0 Å². The second-order valence-corrected chi connectivity index (χ2v) is 7.27. The minimum atomic E-state index is -0.151. The quantitative estimate of drug-likeness (QED) is 0.771. The maximum atomic E-state index is 12.5. The van der Waals surface area contributed by atoms with Crippen molar-refractivity contribution in [2.75, 3.05) is 20.7 Å². The molecule has 1 fully saturated rings. The number of carbonyl (C=O) groups excluding carboxylic acids is 1. The first-order valence-corrected chi connectivity index (χ1v) is 9.06. The summed E-state index contributed by atoms with van der Waals surface area (Å²) in [6.45, 7) is 0.817. The number of likely N-dealkylation sites (N-methyl/N-ethyl adjacent to an activating group) is 1. The molecule has 1 aromatic carbocycles. The van der Waals surface area contributed by atoms with Gasteiger partial charge in [-0.25, -0.2) is 0 Å². The highest BCUT2D eigenvalue weighted by Gasteiger charge is 2.45. The molecule has 0 saturated heterocycles. The number of carbonyl (C=O) groups is 1. The first-order chi connectivity index (χ1) is 12.0. The summed E-state index contributed by atoms with van der Waals surface area (Å²) in [5.41, 5.74) is 1.84. The van der Waals surface area contributed by atoms with Gasteiger partial charge in [0.05, 0.1) is 24.9 Å². The van der Waals surface area contributed by atoms with Crippen LogP contribution in [-0.4, -0.2) is 36.5 Å². The number of pyridine rings is 1. The number of aromatic nitrogens is 1. The highest BCUT2D eigenvalue weighted by Crippen LogP contribution is 2.44. The zero-order valence-electron chi connectivity index (χ0n) is 14.5. The molecule has 6 heteroatoms. The van der Waals surface area contributed by atoms with E-state index >= 15 is 0 Å². The van der Waals surface area contributed by atoms with Gasteiger partial charge in [-0.1, -0.05) is 18.2 Å². The average Bonchev–Trinajstić information content (AvgIpc) is 3.41. The molecule has 0 spiro atoms. The lowest BCUT2D eigenvalue weighted by Gasteiger charge is -2.22. The molecule has 0 radical (unpaired) electrons. The number of amides is 1. The van der Waals surface area contributed by atoms with Crippen LogP contribution >= 0.6 is 15.9 Å². The maximum absolute atomic E-state index is 12.5. The normalized spacial score (nSPS) is 14.8. The lowest BCUT2D eigenvalue weighted by atomic mass is 10.1. The molecule has 132 valence electrons. The molecule has 0 unspecified atom stereocenters. The smallest absolute Gasteiger partial charge is 0.236 e. The maximum Gasteiger partial charge on any atom is 0.236 e. The number of halogens is 1. The number of nitrogens with zero attached hydrogens (tertiary/aromatic N) is 2. The van der Waals surface area contributed by atoms with Crippen LogP contribution < -0.4 is 10.1 Å². The summed E-state index contributed by atoms with van der Waals surface area (Å²) in [4.78, 5) is 18.7. The summed E-state index contributed by atoms with van der Waals surface area (Å²) >= 11 is 3.40. The van der Waals surface area contributed by atoms with E-state index in [1.165, 1.54) is 0 Å². The van der Waals surface area contributed by atoms with E-state index in [9.17, 15) is 4.79 Å². The third-order valence-corrected chi connectivity index (χ3v) is 5.04. The van der Waals surface area contributed by atoms with Gasteiger partial charge in [0.15, 0.2) is 0 Å². The molecule has 0 bridgehead atoms. The second kappa shape index (κ2) is 7.54. The highest BCUT2D eigenvalue weighted by atomic mass is 79.9. The van der Waals surface area contributed by atoms with Crippen LogP contribution in [0.25, 0.3) is 0 Å². The van der Waals surface area contributed by atoms with Crippen molar-refractivity contribution in [2.45, 2.75) is 24.9 Å². The number of nitrogens with one attached hydrogen (secondary N) is 1.